The van der Waals surface area contributed by atoms with E-state index in [-0.39, 0.29) is 33.7 Å². The number of amides is 2. The number of anilines is 2. The van der Waals surface area contributed by atoms with Crippen LogP contribution in [0.5, 0.6) is 11.5 Å². The molecular formula is C28H30FN3O7S. The lowest BCUT2D eigenvalue weighted by Gasteiger charge is -2.25. The van der Waals surface area contributed by atoms with E-state index in [9.17, 15) is 22.4 Å². The number of nitrogens with zero attached hydrogens (tertiary/aromatic N) is 1. The molecule has 0 saturated carbocycles. The van der Waals surface area contributed by atoms with Gasteiger partial charge in [0.15, 0.2) is 11.5 Å². The monoisotopic (exact) mass is 571 g/mol. The fourth-order valence-electron chi connectivity index (χ4n) is 4.24. The van der Waals surface area contributed by atoms with Gasteiger partial charge in [0.2, 0.25) is 5.91 Å². The lowest BCUT2D eigenvalue weighted by molar-refractivity contribution is -0.114. The van der Waals surface area contributed by atoms with Crippen molar-refractivity contribution in [2.45, 2.75) is 23.8 Å². The number of carbonyl (C=O) groups excluding carboxylic acids is 2. The summed E-state index contributed by atoms with van der Waals surface area (Å²) in [6.07, 6.45) is 1.73. The third-order valence-corrected chi connectivity index (χ3v) is 8.07. The molecular weight excluding hydrogens is 541 g/mol. The third kappa shape index (κ3) is 6.69. The van der Waals surface area contributed by atoms with Crippen LogP contribution < -0.4 is 24.4 Å². The van der Waals surface area contributed by atoms with E-state index in [1.54, 1.807) is 24.3 Å². The molecule has 4 rings (SSSR count). The van der Waals surface area contributed by atoms with E-state index in [4.69, 9.17) is 14.2 Å². The average molecular weight is 572 g/mol. The van der Waals surface area contributed by atoms with Gasteiger partial charge >= 0.3 is 0 Å². The predicted molar refractivity (Wildman–Crippen MR) is 147 cm³/mol. The van der Waals surface area contributed by atoms with Gasteiger partial charge in [-0.05, 0) is 61.4 Å². The van der Waals surface area contributed by atoms with Crippen LogP contribution in [-0.2, 0) is 19.6 Å². The topological polar surface area (TPSA) is 123 Å². The molecule has 0 unspecified atom stereocenters. The van der Waals surface area contributed by atoms with Crippen LogP contribution >= 0.6 is 0 Å². The highest BCUT2D eigenvalue weighted by atomic mass is 32.2. The highest BCUT2D eigenvalue weighted by Gasteiger charge is 2.29. The largest absolute Gasteiger partial charge is 0.493 e. The number of carbonyl (C=O) groups is 2. The molecule has 212 valence electrons. The van der Waals surface area contributed by atoms with E-state index >= 15 is 0 Å². The Morgan fingerprint density at radius 1 is 1.02 bits per heavy atom. The second-order valence-electron chi connectivity index (χ2n) is 8.94. The summed E-state index contributed by atoms with van der Waals surface area (Å²) in [5.74, 6) is -1.19. The number of para-hydroxylation sites is 1. The number of hydrogen-bond acceptors (Lipinski definition) is 7. The van der Waals surface area contributed by atoms with Crippen molar-refractivity contribution in [3.63, 3.8) is 0 Å². The Balaban J connectivity index is 1.58. The lowest BCUT2D eigenvalue weighted by Crippen LogP contribution is -2.38. The van der Waals surface area contributed by atoms with Gasteiger partial charge < -0.3 is 24.8 Å². The Hall–Kier alpha value is -4.16. The molecule has 0 spiro atoms. The third-order valence-electron chi connectivity index (χ3n) is 6.30. The number of sulfonamides is 1. The zero-order valence-corrected chi connectivity index (χ0v) is 22.9. The van der Waals surface area contributed by atoms with E-state index in [2.05, 4.69) is 10.6 Å². The molecule has 3 aromatic carbocycles. The van der Waals surface area contributed by atoms with Crippen molar-refractivity contribution < 1.29 is 36.6 Å². The lowest BCUT2D eigenvalue weighted by atomic mass is 10.1. The van der Waals surface area contributed by atoms with Gasteiger partial charge in [-0.25, -0.2) is 12.8 Å². The Kier molecular flexibility index (Phi) is 9.22. The van der Waals surface area contributed by atoms with Gasteiger partial charge in [0.05, 0.1) is 42.2 Å². The summed E-state index contributed by atoms with van der Waals surface area (Å²) in [5.41, 5.74) is 0.485. The number of nitrogens with one attached hydrogen (secondary N) is 2. The summed E-state index contributed by atoms with van der Waals surface area (Å²) in [6, 6.07) is 15.1. The van der Waals surface area contributed by atoms with E-state index < -0.39 is 34.2 Å². The van der Waals surface area contributed by atoms with Crippen molar-refractivity contribution in [2.24, 2.45) is 0 Å². The van der Waals surface area contributed by atoms with Gasteiger partial charge in [-0.15, -0.1) is 0 Å². The number of ether oxygens (including phenoxy) is 3. The van der Waals surface area contributed by atoms with E-state index in [1.165, 1.54) is 44.6 Å². The number of hydrogen-bond donors (Lipinski definition) is 2. The smallest absolute Gasteiger partial charge is 0.264 e. The first-order valence-corrected chi connectivity index (χ1v) is 14.0. The minimum absolute atomic E-state index is 0.0586. The second kappa shape index (κ2) is 12.8. The Morgan fingerprint density at radius 3 is 2.42 bits per heavy atom. The minimum atomic E-state index is -4.34. The van der Waals surface area contributed by atoms with E-state index in [1.807, 2.05) is 0 Å². The molecule has 10 nitrogen and oxygen atoms in total. The van der Waals surface area contributed by atoms with E-state index in [0.29, 0.717) is 18.9 Å². The van der Waals surface area contributed by atoms with Crippen LogP contribution in [0, 0.1) is 5.82 Å². The van der Waals surface area contributed by atoms with Crippen LogP contribution in [0.15, 0.2) is 71.6 Å². The van der Waals surface area contributed by atoms with Crippen LogP contribution in [0.1, 0.15) is 23.2 Å². The summed E-state index contributed by atoms with van der Waals surface area (Å²) in [4.78, 5) is 25.9. The molecule has 1 heterocycles. The van der Waals surface area contributed by atoms with Crippen molar-refractivity contribution in [3.05, 3.63) is 78.1 Å². The summed E-state index contributed by atoms with van der Waals surface area (Å²) >= 11 is 0. The molecule has 1 aliphatic rings. The molecule has 0 aliphatic carbocycles. The molecule has 2 N–H and O–H groups in total. The first-order chi connectivity index (χ1) is 19.2. The fraction of sp³-hybridized carbons (Fsp3) is 0.286. The minimum Gasteiger partial charge on any atom is -0.493 e. The number of methoxy groups -OCH3 is 2. The summed E-state index contributed by atoms with van der Waals surface area (Å²) in [7, 11) is -1.55. The van der Waals surface area contributed by atoms with Crippen molar-refractivity contribution in [2.75, 3.05) is 43.5 Å². The van der Waals surface area contributed by atoms with Gasteiger partial charge in [0.25, 0.3) is 15.9 Å². The Morgan fingerprint density at radius 2 is 1.75 bits per heavy atom. The number of rotatable bonds is 11. The summed E-state index contributed by atoms with van der Waals surface area (Å²) in [6.45, 7) is 0.334. The second-order valence-corrected chi connectivity index (χ2v) is 10.8. The molecule has 2 amide bonds. The molecule has 1 atom stereocenters. The van der Waals surface area contributed by atoms with Crippen molar-refractivity contribution >= 4 is 33.2 Å². The van der Waals surface area contributed by atoms with Gasteiger partial charge in [0, 0.05) is 19.2 Å². The maximum atomic E-state index is 13.7. The van der Waals surface area contributed by atoms with Crippen molar-refractivity contribution in [1.82, 2.24) is 5.32 Å². The standard InChI is InChI=1S/C28H30FN3O7S/c1-37-25-14-13-22(16-26(25)38-2)40(35,36)32(20-11-9-19(29)10-12-20)18-27(33)31-24-8-4-3-7-23(24)28(34)30-17-21-6-5-15-39-21/h3-4,7-14,16,21H,5-6,15,17-18H2,1-2H3,(H,30,34)(H,31,33)/t21-/m0/s1. The van der Waals surface area contributed by atoms with Crippen molar-refractivity contribution in [1.29, 1.82) is 0 Å². The predicted octanol–water partition coefficient (Wildman–Crippen LogP) is 3.59. The van der Waals surface area contributed by atoms with Crippen LogP contribution in [0.3, 0.4) is 0 Å². The van der Waals surface area contributed by atoms with Crippen LogP contribution in [0.25, 0.3) is 0 Å². The maximum absolute atomic E-state index is 13.7. The quantitative estimate of drug-likeness (QED) is 0.361. The molecule has 1 aliphatic heterocycles. The molecule has 3 aromatic rings. The van der Waals surface area contributed by atoms with E-state index in [0.717, 1.165) is 29.3 Å². The molecule has 40 heavy (non-hydrogen) atoms. The SMILES string of the molecule is COc1ccc(S(=O)(=O)N(CC(=O)Nc2ccccc2C(=O)NC[C@@H]2CCCO2)c2ccc(F)cc2)cc1OC. The zero-order valence-electron chi connectivity index (χ0n) is 22.1. The van der Waals surface area contributed by atoms with Gasteiger partial charge in [0.1, 0.15) is 12.4 Å². The molecule has 0 bridgehead atoms. The molecule has 0 aromatic heterocycles. The summed E-state index contributed by atoms with van der Waals surface area (Å²) in [5, 5.41) is 5.45. The number of halogens is 1. The van der Waals surface area contributed by atoms with Crippen LogP contribution in [0.4, 0.5) is 15.8 Å². The average Bonchev–Trinajstić information content (AvgIpc) is 3.49. The highest BCUT2D eigenvalue weighted by molar-refractivity contribution is 7.92. The molecule has 12 heteroatoms. The Labute approximate surface area is 232 Å². The van der Waals surface area contributed by atoms with Crippen LogP contribution in [0.2, 0.25) is 0 Å². The molecule has 1 fully saturated rings. The first-order valence-electron chi connectivity index (χ1n) is 12.5. The highest BCUT2D eigenvalue weighted by Crippen LogP contribution is 2.32. The normalized spacial score (nSPS) is 14.8. The Bertz CT molecular complexity index is 1460. The van der Waals surface area contributed by atoms with Crippen molar-refractivity contribution in [3.8, 4) is 11.5 Å². The van der Waals surface area contributed by atoms with Gasteiger partial charge in [-0.2, -0.15) is 0 Å². The zero-order chi connectivity index (χ0) is 28.7. The van der Waals surface area contributed by atoms with Crippen LogP contribution in [-0.4, -0.2) is 60.3 Å². The number of benzene rings is 3. The fourth-order valence-corrected chi connectivity index (χ4v) is 5.68. The van der Waals surface area contributed by atoms with Gasteiger partial charge in [-0.3, -0.25) is 13.9 Å². The molecule has 1 saturated heterocycles. The first kappa shape index (κ1) is 28.8. The van der Waals surface area contributed by atoms with Gasteiger partial charge in [-0.1, -0.05) is 12.1 Å². The maximum Gasteiger partial charge on any atom is 0.264 e. The summed E-state index contributed by atoms with van der Waals surface area (Å²) < 4.78 is 58.0. The molecule has 0 radical (unpaired) electrons.